The van der Waals surface area contributed by atoms with E-state index in [0.29, 0.717) is 5.92 Å². The number of rotatable bonds is 3. The minimum Gasteiger partial charge on any atom is -0.126 e. The molecule has 0 aliphatic carbocycles. The van der Waals surface area contributed by atoms with Crippen LogP contribution in [0.3, 0.4) is 0 Å². The maximum Gasteiger partial charge on any atom is 0.0252 e. The third-order valence-electron chi connectivity index (χ3n) is 2.55. The molecule has 0 heterocycles. The van der Waals surface area contributed by atoms with Crippen molar-refractivity contribution in [3.63, 3.8) is 0 Å². The van der Waals surface area contributed by atoms with Crippen LogP contribution >= 0.6 is 11.6 Å². The molecule has 0 fully saturated rings. The fraction of sp³-hybridized carbons (Fsp3) is 0.500. The molecule has 0 saturated heterocycles. The predicted octanol–water partition coefficient (Wildman–Crippen LogP) is 3.72. The molecule has 0 bridgehead atoms. The Kier molecular flexibility index (Phi) is 3.80. The van der Waals surface area contributed by atoms with Gasteiger partial charge in [0.2, 0.25) is 0 Å². The summed E-state index contributed by atoms with van der Waals surface area (Å²) in [7, 11) is 0. The van der Waals surface area contributed by atoms with Gasteiger partial charge in [-0.25, -0.2) is 0 Å². The number of hydrogen-bond acceptors (Lipinski definition) is 0. The fourth-order valence-electron chi connectivity index (χ4n) is 1.46. The number of benzene rings is 1. The molecule has 0 saturated carbocycles. The highest BCUT2D eigenvalue weighted by molar-refractivity contribution is 6.18. The zero-order valence-corrected chi connectivity index (χ0v) is 9.36. The first-order chi connectivity index (χ1) is 6.15. The fourth-order valence-corrected chi connectivity index (χ4v) is 1.57. The van der Waals surface area contributed by atoms with E-state index in [-0.39, 0.29) is 0 Å². The Morgan fingerprint density at radius 1 is 1.31 bits per heavy atom. The molecule has 0 aliphatic heterocycles. The van der Waals surface area contributed by atoms with E-state index < -0.39 is 0 Å². The van der Waals surface area contributed by atoms with Gasteiger partial charge in [0.15, 0.2) is 0 Å². The summed E-state index contributed by atoms with van der Waals surface area (Å²) in [6.45, 7) is 6.53. The van der Waals surface area contributed by atoms with Gasteiger partial charge in [0, 0.05) is 5.88 Å². The average Bonchev–Trinajstić information content (AvgIpc) is 2.13. The van der Waals surface area contributed by atoms with Crippen molar-refractivity contribution in [2.75, 3.05) is 5.88 Å². The van der Waals surface area contributed by atoms with Crippen LogP contribution in [0.4, 0.5) is 0 Å². The van der Waals surface area contributed by atoms with Crippen LogP contribution in [-0.4, -0.2) is 5.88 Å². The van der Waals surface area contributed by atoms with Gasteiger partial charge in [0.05, 0.1) is 0 Å². The molecule has 1 atom stereocenters. The molecule has 0 aliphatic rings. The highest BCUT2D eigenvalue weighted by atomic mass is 35.5. The molecular formula is C12H17Cl. The Hall–Kier alpha value is -0.490. The number of aryl methyl sites for hydroxylation is 1. The number of hydrogen-bond donors (Lipinski definition) is 0. The standard InChI is InChI=1S/C12H17Cl/c1-9(8-13)7-12-6-4-5-10(2)11(12)3/h4-6,9H,7-8H2,1-3H3. The summed E-state index contributed by atoms with van der Waals surface area (Å²) in [5.41, 5.74) is 4.23. The van der Waals surface area contributed by atoms with Crippen LogP contribution in [0.5, 0.6) is 0 Å². The lowest BCUT2D eigenvalue weighted by Crippen LogP contribution is -2.03. The van der Waals surface area contributed by atoms with Crippen LogP contribution in [0, 0.1) is 19.8 Å². The van der Waals surface area contributed by atoms with Gasteiger partial charge in [0.1, 0.15) is 0 Å². The summed E-state index contributed by atoms with van der Waals surface area (Å²) in [6, 6.07) is 6.48. The van der Waals surface area contributed by atoms with Crippen molar-refractivity contribution < 1.29 is 0 Å². The van der Waals surface area contributed by atoms with Gasteiger partial charge >= 0.3 is 0 Å². The summed E-state index contributed by atoms with van der Waals surface area (Å²) in [5, 5.41) is 0. The normalized spacial score (nSPS) is 12.9. The number of alkyl halides is 1. The van der Waals surface area contributed by atoms with E-state index in [4.69, 9.17) is 11.6 Å². The second kappa shape index (κ2) is 4.66. The first-order valence-electron chi connectivity index (χ1n) is 4.76. The first kappa shape index (κ1) is 10.6. The van der Waals surface area contributed by atoms with Crippen LogP contribution < -0.4 is 0 Å². The highest BCUT2D eigenvalue weighted by Gasteiger charge is 2.05. The Morgan fingerprint density at radius 3 is 2.62 bits per heavy atom. The minimum atomic E-state index is 0.571. The maximum atomic E-state index is 5.79. The third kappa shape index (κ3) is 2.73. The molecule has 72 valence electrons. The van der Waals surface area contributed by atoms with Gasteiger partial charge in [-0.2, -0.15) is 0 Å². The van der Waals surface area contributed by atoms with Crippen molar-refractivity contribution in [3.05, 3.63) is 34.9 Å². The van der Waals surface area contributed by atoms with Crippen LogP contribution in [0.15, 0.2) is 18.2 Å². The quantitative estimate of drug-likeness (QED) is 0.647. The van der Waals surface area contributed by atoms with Crippen LogP contribution in [0.25, 0.3) is 0 Å². The topological polar surface area (TPSA) is 0 Å². The molecule has 0 N–H and O–H groups in total. The zero-order valence-electron chi connectivity index (χ0n) is 8.60. The molecule has 0 aromatic heterocycles. The smallest absolute Gasteiger partial charge is 0.0252 e. The molecule has 1 rings (SSSR count). The van der Waals surface area contributed by atoms with E-state index >= 15 is 0 Å². The molecule has 1 aromatic carbocycles. The molecule has 13 heavy (non-hydrogen) atoms. The van der Waals surface area contributed by atoms with Gasteiger partial charge in [-0.15, -0.1) is 11.6 Å². The molecular weight excluding hydrogens is 180 g/mol. The van der Waals surface area contributed by atoms with Gasteiger partial charge < -0.3 is 0 Å². The Balaban J connectivity index is 2.83. The number of halogens is 1. The molecule has 0 spiro atoms. The predicted molar refractivity (Wildman–Crippen MR) is 59.5 cm³/mol. The first-order valence-corrected chi connectivity index (χ1v) is 5.29. The second-order valence-electron chi connectivity index (χ2n) is 3.82. The van der Waals surface area contributed by atoms with Crippen LogP contribution in [0.2, 0.25) is 0 Å². The minimum absolute atomic E-state index is 0.571. The van der Waals surface area contributed by atoms with Crippen LogP contribution in [0.1, 0.15) is 23.6 Å². The van der Waals surface area contributed by atoms with E-state index in [1.807, 2.05) is 0 Å². The van der Waals surface area contributed by atoms with E-state index in [2.05, 4.69) is 39.0 Å². The van der Waals surface area contributed by atoms with Gasteiger partial charge in [-0.05, 0) is 42.9 Å². The average molecular weight is 197 g/mol. The largest absolute Gasteiger partial charge is 0.126 e. The summed E-state index contributed by atoms with van der Waals surface area (Å²) in [6.07, 6.45) is 1.09. The lowest BCUT2D eigenvalue weighted by Gasteiger charge is -2.11. The van der Waals surface area contributed by atoms with E-state index in [1.165, 1.54) is 16.7 Å². The Bertz CT molecular complexity index is 278. The van der Waals surface area contributed by atoms with E-state index in [9.17, 15) is 0 Å². The molecule has 1 heteroatoms. The van der Waals surface area contributed by atoms with Crippen LogP contribution in [-0.2, 0) is 6.42 Å². The van der Waals surface area contributed by atoms with Crippen molar-refractivity contribution in [3.8, 4) is 0 Å². The zero-order chi connectivity index (χ0) is 9.84. The monoisotopic (exact) mass is 196 g/mol. The van der Waals surface area contributed by atoms with Crippen molar-refractivity contribution in [1.82, 2.24) is 0 Å². The maximum absolute atomic E-state index is 5.79. The summed E-state index contributed by atoms with van der Waals surface area (Å²) in [4.78, 5) is 0. The Morgan fingerprint density at radius 2 is 2.00 bits per heavy atom. The van der Waals surface area contributed by atoms with Crippen molar-refractivity contribution in [2.45, 2.75) is 27.2 Å². The third-order valence-corrected chi connectivity index (χ3v) is 3.08. The van der Waals surface area contributed by atoms with E-state index in [1.54, 1.807) is 0 Å². The SMILES string of the molecule is Cc1cccc(CC(C)CCl)c1C. The molecule has 0 amide bonds. The lowest BCUT2D eigenvalue weighted by atomic mass is 9.96. The van der Waals surface area contributed by atoms with Crippen molar-refractivity contribution in [1.29, 1.82) is 0 Å². The van der Waals surface area contributed by atoms with Crippen molar-refractivity contribution >= 4 is 11.6 Å². The van der Waals surface area contributed by atoms with Gasteiger partial charge in [-0.3, -0.25) is 0 Å². The second-order valence-corrected chi connectivity index (χ2v) is 4.13. The summed E-state index contributed by atoms with van der Waals surface area (Å²) in [5.74, 6) is 1.31. The molecule has 1 unspecified atom stereocenters. The van der Waals surface area contributed by atoms with E-state index in [0.717, 1.165) is 12.3 Å². The van der Waals surface area contributed by atoms with Gasteiger partial charge in [-0.1, -0.05) is 25.1 Å². The molecule has 1 aromatic rings. The van der Waals surface area contributed by atoms with Gasteiger partial charge in [0.25, 0.3) is 0 Å². The summed E-state index contributed by atoms with van der Waals surface area (Å²) >= 11 is 5.79. The molecule has 0 radical (unpaired) electrons. The molecule has 0 nitrogen and oxygen atoms in total. The Labute approximate surface area is 85.9 Å². The highest BCUT2D eigenvalue weighted by Crippen LogP contribution is 2.17. The summed E-state index contributed by atoms with van der Waals surface area (Å²) < 4.78 is 0. The lowest BCUT2D eigenvalue weighted by molar-refractivity contribution is 0.652. The van der Waals surface area contributed by atoms with Crippen molar-refractivity contribution in [2.24, 2.45) is 5.92 Å².